The van der Waals surface area contributed by atoms with Crippen molar-refractivity contribution < 1.29 is 18.4 Å². The largest absolute Gasteiger partial charge is 0.416 e. The molecule has 0 saturated heterocycles. The standard InChI is InChI=1S/C21H15F3N4O/c22-21(23,24)16-9-6-14(7-10-16)19-20(25)26-17-11-8-15(12-28(17)19)18(27-29)13-4-2-1-3-5-13/h1-12,29H,25H2/b27-18+. The summed E-state index contributed by atoms with van der Waals surface area (Å²) in [5, 5.41) is 12.9. The molecule has 0 atom stereocenters. The number of anilines is 1. The number of benzene rings is 2. The first-order valence-corrected chi connectivity index (χ1v) is 8.61. The van der Waals surface area contributed by atoms with Crippen LogP contribution in [0.5, 0.6) is 0 Å². The fraction of sp³-hybridized carbons (Fsp3) is 0.0476. The molecule has 0 spiro atoms. The van der Waals surface area contributed by atoms with Crippen LogP contribution in [0.25, 0.3) is 16.9 Å². The number of imidazole rings is 1. The summed E-state index contributed by atoms with van der Waals surface area (Å²) < 4.78 is 40.2. The normalized spacial score (nSPS) is 12.4. The average Bonchev–Trinajstić information content (AvgIpc) is 3.04. The number of hydrogen-bond donors (Lipinski definition) is 2. The van der Waals surface area contributed by atoms with Gasteiger partial charge in [0.15, 0.2) is 5.82 Å². The molecule has 2 aromatic heterocycles. The SMILES string of the molecule is Nc1nc2ccc(/C(=N/O)c3ccccc3)cn2c1-c1ccc(C(F)(F)F)cc1. The molecule has 2 heterocycles. The van der Waals surface area contributed by atoms with Crippen LogP contribution in [0.4, 0.5) is 19.0 Å². The Balaban J connectivity index is 1.84. The van der Waals surface area contributed by atoms with Gasteiger partial charge in [0, 0.05) is 22.9 Å². The molecule has 5 nitrogen and oxygen atoms in total. The van der Waals surface area contributed by atoms with Gasteiger partial charge in [0.1, 0.15) is 11.4 Å². The number of nitrogens with zero attached hydrogens (tertiary/aromatic N) is 3. The van der Waals surface area contributed by atoms with Crippen LogP contribution in [-0.2, 0) is 6.18 Å². The molecule has 29 heavy (non-hydrogen) atoms. The summed E-state index contributed by atoms with van der Waals surface area (Å²) in [6.07, 6.45) is -2.73. The Hall–Kier alpha value is -3.81. The molecular formula is C21H15F3N4O. The molecule has 0 bridgehead atoms. The Bertz CT molecular complexity index is 1200. The lowest BCUT2D eigenvalue weighted by atomic mass is 10.0. The van der Waals surface area contributed by atoms with Gasteiger partial charge < -0.3 is 10.9 Å². The van der Waals surface area contributed by atoms with Crippen molar-refractivity contribution in [3.8, 4) is 11.3 Å². The number of fused-ring (bicyclic) bond motifs is 1. The van der Waals surface area contributed by atoms with Crippen LogP contribution in [0.15, 0.2) is 78.1 Å². The molecule has 146 valence electrons. The van der Waals surface area contributed by atoms with Gasteiger partial charge >= 0.3 is 6.18 Å². The van der Waals surface area contributed by atoms with Gasteiger partial charge in [-0.15, -0.1) is 0 Å². The molecule has 2 aromatic carbocycles. The van der Waals surface area contributed by atoms with Crippen molar-refractivity contribution in [1.29, 1.82) is 0 Å². The number of nitrogens with two attached hydrogens (primary N) is 1. The molecule has 0 aliphatic carbocycles. The first kappa shape index (κ1) is 18.5. The second-order valence-corrected chi connectivity index (χ2v) is 6.38. The predicted octanol–water partition coefficient (Wildman–Crippen LogP) is 4.83. The maximum atomic E-state index is 12.9. The van der Waals surface area contributed by atoms with E-state index in [0.717, 1.165) is 12.1 Å². The highest BCUT2D eigenvalue weighted by atomic mass is 19.4. The summed E-state index contributed by atoms with van der Waals surface area (Å²) in [5.41, 5.74) is 8.42. The summed E-state index contributed by atoms with van der Waals surface area (Å²) in [4.78, 5) is 4.28. The van der Waals surface area contributed by atoms with Crippen LogP contribution >= 0.6 is 0 Å². The molecule has 3 N–H and O–H groups in total. The highest BCUT2D eigenvalue weighted by Gasteiger charge is 2.30. The van der Waals surface area contributed by atoms with E-state index in [1.165, 1.54) is 12.1 Å². The molecule has 0 radical (unpaired) electrons. The van der Waals surface area contributed by atoms with Gasteiger partial charge in [0.05, 0.1) is 11.3 Å². The number of nitrogen functional groups attached to an aromatic ring is 1. The van der Waals surface area contributed by atoms with Crippen LogP contribution in [0, 0.1) is 0 Å². The minimum atomic E-state index is -4.42. The zero-order valence-electron chi connectivity index (χ0n) is 14.9. The third-order valence-electron chi connectivity index (χ3n) is 4.55. The van der Waals surface area contributed by atoms with Gasteiger partial charge in [-0.1, -0.05) is 47.6 Å². The van der Waals surface area contributed by atoms with Crippen molar-refractivity contribution in [3.05, 3.63) is 89.6 Å². The molecule has 0 unspecified atom stereocenters. The van der Waals surface area contributed by atoms with Gasteiger partial charge in [-0.05, 0) is 24.3 Å². The fourth-order valence-corrected chi connectivity index (χ4v) is 3.19. The maximum absolute atomic E-state index is 12.9. The number of hydrogen-bond acceptors (Lipinski definition) is 4. The third kappa shape index (κ3) is 3.40. The lowest BCUT2D eigenvalue weighted by Crippen LogP contribution is -2.05. The van der Waals surface area contributed by atoms with Crippen molar-refractivity contribution in [2.75, 3.05) is 5.73 Å². The minimum absolute atomic E-state index is 0.184. The van der Waals surface area contributed by atoms with E-state index < -0.39 is 11.7 Å². The monoisotopic (exact) mass is 396 g/mol. The maximum Gasteiger partial charge on any atom is 0.416 e. The van der Waals surface area contributed by atoms with Gasteiger partial charge in [-0.25, -0.2) is 4.98 Å². The Labute approximate surface area is 163 Å². The molecule has 4 rings (SSSR count). The van der Waals surface area contributed by atoms with E-state index in [1.54, 1.807) is 34.9 Å². The number of alkyl halides is 3. The van der Waals surface area contributed by atoms with E-state index in [2.05, 4.69) is 10.1 Å². The zero-order chi connectivity index (χ0) is 20.6. The molecule has 0 aliphatic rings. The van der Waals surface area contributed by atoms with Crippen molar-refractivity contribution >= 4 is 17.2 Å². The van der Waals surface area contributed by atoms with Crippen molar-refractivity contribution in [2.45, 2.75) is 6.18 Å². The molecule has 0 saturated carbocycles. The molecule has 0 fully saturated rings. The Morgan fingerprint density at radius 1 is 0.931 bits per heavy atom. The van der Waals surface area contributed by atoms with Gasteiger partial charge in [-0.3, -0.25) is 4.40 Å². The topological polar surface area (TPSA) is 75.9 Å². The summed E-state index contributed by atoms with van der Waals surface area (Å²) in [6, 6.07) is 17.3. The van der Waals surface area contributed by atoms with E-state index in [0.29, 0.717) is 33.7 Å². The lowest BCUT2D eigenvalue weighted by molar-refractivity contribution is -0.137. The number of pyridine rings is 1. The van der Waals surface area contributed by atoms with Crippen molar-refractivity contribution in [1.82, 2.24) is 9.38 Å². The Kier molecular flexibility index (Phi) is 4.46. The number of aromatic nitrogens is 2. The summed E-state index contributed by atoms with van der Waals surface area (Å²) in [7, 11) is 0. The second-order valence-electron chi connectivity index (χ2n) is 6.38. The highest BCUT2D eigenvalue weighted by Crippen LogP contribution is 2.33. The molecule has 8 heteroatoms. The highest BCUT2D eigenvalue weighted by molar-refractivity contribution is 6.12. The van der Waals surface area contributed by atoms with Crippen molar-refractivity contribution in [2.24, 2.45) is 5.16 Å². The number of rotatable bonds is 3. The predicted molar refractivity (Wildman–Crippen MR) is 104 cm³/mol. The lowest BCUT2D eigenvalue weighted by Gasteiger charge is -2.09. The van der Waals surface area contributed by atoms with Crippen molar-refractivity contribution in [3.63, 3.8) is 0 Å². The Morgan fingerprint density at radius 2 is 1.62 bits per heavy atom. The summed E-state index contributed by atoms with van der Waals surface area (Å²) >= 11 is 0. The first-order valence-electron chi connectivity index (χ1n) is 8.61. The molecule has 0 amide bonds. The molecule has 4 aromatic rings. The quantitative estimate of drug-likeness (QED) is 0.296. The second kappa shape index (κ2) is 6.97. The van der Waals surface area contributed by atoms with E-state index in [9.17, 15) is 18.4 Å². The van der Waals surface area contributed by atoms with Gasteiger partial charge in [-0.2, -0.15) is 13.2 Å². The van der Waals surface area contributed by atoms with Gasteiger partial charge in [0.2, 0.25) is 0 Å². The minimum Gasteiger partial charge on any atom is -0.410 e. The fourth-order valence-electron chi connectivity index (χ4n) is 3.19. The van der Waals surface area contributed by atoms with Crippen LogP contribution < -0.4 is 5.73 Å². The van der Waals surface area contributed by atoms with Crippen LogP contribution in [0.3, 0.4) is 0 Å². The third-order valence-corrected chi connectivity index (χ3v) is 4.55. The number of oxime groups is 1. The zero-order valence-corrected chi connectivity index (χ0v) is 14.9. The first-order chi connectivity index (χ1) is 13.9. The number of halogens is 3. The van der Waals surface area contributed by atoms with E-state index in [1.807, 2.05) is 18.2 Å². The average molecular weight is 396 g/mol. The van der Waals surface area contributed by atoms with E-state index >= 15 is 0 Å². The smallest absolute Gasteiger partial charge is 0.410 e. The van der Waals surface area contributed by atoms with Gasteiger partial charge in [0.25, 0.3) is 0 Å². The summed E-state index contributed by atoms with van der Waals surface area (Å²) in [5.74, 6) is 0.184. The van der Waals surface area contributed by atoms with Crippen LogP contribution in [0.1, 0.15) is 16.7 Å². The van der Waals surface area contributed by atoms with E-state index in [4.69, 9.17) is 5.73 Å². The van der Waals surface area contributed by atoms with Crippen LogP contribution in [-0.4, -0.2) is 20.3 Å². The van der Waals surface area contributed by atoms with Crippen LogP contribution in [0.2, 0.25) is 0 Å². The summed E-state index contributed by atoms with van der Waals surface area (Å²) in [6.45, 7) is 0. The molecule has 0 aliphatic heterocycles. The molecular weight excluding hydrogens is 381 g/mol. The van der Waals surface area contributed by atoms with E-state index in [-0.39, 0.29) is 5.82 Å². The Morgan fingerprint density at radius 3 is 2.24 bits per heavy atom.